The first-order valence-electron chi connectivity index (χ1n) is 5.59. The summed E-state index contributed by atoms with van der Waals surface area (Å²) in [6, 6.07) is 8.70. The van der Waals surface area contributed by atoms with Gasteiger partial charge in [0.2, 0.25) is 0 Å². The van der Waals surface area contributed by atoms with Crippen molar-refractivity contribution in [2.24, 2.45) is 0 Å². The van der Waals surface area contributed by atoms with Gasteiger partial charge in [-0.15, -0.1) is 0 Å². The summed E-state index contributed by atoms with van der Waals surface area (Å²) in [4.78, 5) is 15.9. The van der Waals surface area contributed by atoms with Crippen LogP contribution in [0.5, 0.6) is 0 Å². The molecule has 0 saturated carbocycles. The number of aromatic amines is 1. The van der Waals surface area contributed by atoms with Crippen molar-refractivity contribution in [3.8, 4) is 0 Å². The molecule has 0 saturated heterocycles. The van der Waals surface area contributed by atoms with Crippen LogP contribution in [0.1, 0.15) is 10.4 Å². The van der Waals surface area contributed by atoms with Gasteiger partial charge < -0.3 is 5.32 Å². The van der Waals surface area contributed by atoms with Crippen molar-refractivity contribution in [3.63, 3.8) is 0 Å². The second-order valence-corrected chi connectivity index (χ2v) is 4.35. The molecule has 0 radical (unpaired) electrons. The van der Waals surface area contributed by atoms with Gasteiger partial charge >= 0.3 is 0 Å². The van der Waals surface area contributed by atoms with Crippen LogP contribution in [0.4, 0.5) is 5.69 Å². The van der Waals surface area contributed by atoms with Gasteiger partial charge in [0.1, 0.15) is 5.15 Å². The highest BCUT2D eigenvalue weighted by atomic mass is 35.5. The fourth-order valence-corrected chi connectivity index (χ4v) is 1.99. The molecule has 19 heavy (non-hydrogen) atoms. The number of fused-ring (bicyclic) bond motifs is 1. The fraction of sp³-hybridized carbons (Fsp3) is 0. The monoisotopic (exact) mass is 272 g/mol. The van der Waals surface area contributed by atoms with Crippen LogP contribution in [0.2, 0.25) is 5.15 Å². The number of halogens is 1. The first-order valence-corrected chi connectivity index (χ1v) is 5.97. The summed E-state index contributed by atoms with van der Waals surface area (Å²) < 4.78 is 0. The Kier molecular flexibility index (Phi) is 2.89. The molecule has 5 nitrogen and oxygen atoms in total. The van der Waals surface area contributed by atoms with E-state index in [1.165, 1.54) is 12.3 Å². The minimum absolute atomic E-state index is 0.244. The number of hydrogen-bond donors (Lipinski definition) is 2. The van der Waals surface area contributed by atoms with Gasteiger partial charge in [-0.1, -0.05) is 23.7 Å². The molecule has 0 bridgehead atoms. The number of amides is 1. The molecule has 3 aromatic rings. The fourth-order valence-electron chi connectivity index (χ4n) is 1.81. The average molecular weight is 273 g/mol. The third kappa shape index (κ3) is 2.28. The van der Waals surface area contributed by atoms with Gasteiger partial charge in [0.15, 0.2) is 0 Å². The molecule has 1 amide bonds. The molecule has 2 aromatic heterocycles. The normalized spacial score (nSPS) is 10.6. The third-order valence-electron chi connectivity index (χ3n) is 2.71. The molecule has 1 aromatic carbocycles. The Labute approximate surface area is 113 Å². The molecule has 94 valence electrons. The summed E-state index contributed by atoms with van der Waals surface area (Å²) >= 11 is 5.76. The van der Waals surface area contributed by atoms with Crippen LogP contribution in [0.25, 0.3) is 10.9 Å². The minimum Gasteiger partial charge on any atom is -0.320 e. The van der Waals surface area contributed by atoms with Crippen molar-refractivity contribution in [1.29, 1.82) is 0 Å². The lowest BCUT2D eigenvalue weighted by Gasteiger charge is -2.06. The van der Waals surface area contributed by atoms with Gasteiger partial charge in [-0.2, -0.15) is 5.10 Å². The van der Waals surface area contributed by atoms with E-state index >= 15 is 0 Å². The molecule has 2 N–H and O–H groups in total. The number of hydrogen-bond acceptors (Lipinski definition) is 3. The molecule has 0 aliphatic heterocycles. The SMILES string of the molecule is O=C(Nc1cccc2cn[nH]c12)c1ccnc(Cl)c1. The lowest BCUT2D eigenvalue weighted by molar-refractivity contribution is 0.102. The van der Waals surface area contributed by atoms with Crippen molar-refractivity contribution in [2.45, 2.75) is 0 Å². The highest BCUT2D eigenvalue weighted by molar-refractivity contribution is 6.29. The standard InChI is InChI=1S/C13H9ClN4O/c14-11-6-8(4-5-15-11)13(19)17-10-3-1-2-9-7-16-18-12(9)10/h1-7H,(H,16,18)(H,17,19). The van der Waals surface area contributed by atoms with Gasteiger partial charge in [0.05, 0.1) is 17.4 Å². The molecule has 6 heteroatoms. The van der Waals surface area contributed by atoms with Crippen LogP contribution in [0.15, 0.2) is 42.7 Å². The lowest BCUT2D eigenvalue weighted by Crippen LogP contribution is -2.12. The van der Waals surface area contributed by atoms with Crippen molar-refractivity contribution in [3.05, 3.63) is 53.4 Å². The minimum atomic E-state index is -0.244. The number of para-hydroxylation sites is 1. The number of carbonyl (C=O) groups is 1. The maximum atomic E-state index is 12.1. The summed E-state index contributed by atoms with van der Waals surface area (Å²) in [5.41, 5.74) is 1.92. The van der Waals surface area contributed by atoms with E-state index in [9.17, 15) is 4.79 Å². The largest absolute Gasteiger partial charge is 0.320 e. The van der Waals surface area contributed by atoms with Crippen molar-refractivity contribution in [1.82, 2.24) is 15.2 Å². The predicted octanol–water partition coefficient (Wildman–Crippen LogP) is 2.86. The number of nitrogens with one attached hydrogen (secondary N) is 2. The van der Waals surface area contributed by atoms with Gasteiger partial charge in [-0.25, -0.2) is 4.98 Å². The van der Waals surface area contributed by atoms with Crippen LogP contribution < -0.4 is 5.32 Å². The highest BCUT2D eigenvalue weighted by Crippen LogP contribution is 2.21. The smallest absolute Gasteiger partial charge is 0.255 e. The van der Waals surface area contributed by atoms with Crippen molar-refractivity contribution >= 4 is 34.1 Å². The summed E-state index contributed by atoms with van der Waals surface area (Å²) in [6.07, 6.45) is 3.20. The molecule has 0 aliphatic rings. The molecule has 0 atom stereocenters. The number of aromatic nitrogens is 3. The van der Waals surface area contributed by atoms with Crippen LogP contribution in [-0.4, -0.2) is 21.1 Å². The number of benzene rings is 1. The Bertz CT molecular complexity index is 753. The molecule has 0 unspecified atom stereocenters. The average Bonchev–Trinajstić information content (AvgIpc) is 2.88. The topological polar surface area (TPSA) is 70.7 Å². The van der Waals surface area contributed by atoms with E-state index in [4.69, 9.17) is 11.6 Å². The molecular weight excluding hydrogens is 264 g/mol. The Morgan fingerprint density at radius 2 is 2.21 bits per heavy atom. The zero-order valence-corrected chi connectivity index (χ0v) is 10.5. The van der Waals surface area contributed by atoms with Gasteiger partial charge in [-0.05, 0) is 18.2 Å². The maximum Gasteiger partial charge on any atom is 0.255 e. The summed E-state index contributed by atoms with van der Waals surface area (Å²) in [5.74, 6) is -0.244. The molecule has 0 aliphatic carbocycles. The number of rotatable bonds is 2. The second-order valence-electron chi connectivity index (χ2n) is 3.96. The molecule has 0 fully saturated rings. The zero-order chi connectivity index (χ0) is 13.2. The van der Waals surface area contributed by atoms with Crippen LogP contribution in [0.3, 0.4) is 0 Å². The number of nitrogens with zero attached hydrogens (tertiary/aromatic N) is 2. The van der Waals surface area contributed by atoms with Crippen molar-refractivity contribution < 1.29 is 4.79 Å². The molecule has 0 spiro atoms. The number of pyridine rings is 1. The van der Waals surface area contributed by atoms with E-state index in [2.05, 4.69) is 20.5 Å². The van der Waals surface area contributed by atoms with Gasteiger partial charge in [0.25, 0.3) is 5.91 Å². The van der Waals surface area contributed by atoms with Crippen LogP contribution >= 0.6 is 11.6 Å². The zero-order valence-electron chi connectivity index (χ0n) is 9.72. The van der Waals surface area contributed by atoms with E-state index < -0.39 is 0 Å². The summed E-state index contributed by atoms with van der Waals surface area (Å²) in [7, 11) is 0. The Morgan fingerprint density at radius 3 is 3.05 bits per heavy atom. The first-order chi connectivity index (χ1) is 9.24. The van der Waals surface area contributed by atoms with E-state index in [0.717, 1.165) is 10.9 Å². The van der Waals surface area contributed by atoms with Crippen LogP contribution in [0, 0.1) is 0 Å². The quantitative estimate of drug-likeness (QED) is 0.705. The number of carbonyl (C=O) groups excluding carboxylic acids is 1. The maximum absolute atomic E-state index is 12.1. The lowest BCUT2D eigenvalue weighted by atomic mass is 10.2. The van der Waals surface area contributed by atoms with E-state index in [1.54, 1.807) is 18.3 Å². The van der Waals surface area contributed by atoms with Gasteiger partial charge in [0, 0.05) is 17.1 Å². The highest BCUT2D eigenvalue weighted by Gasteiger charge is 2.09. The van der Waals surface area contributed by atoms with Gasteiger partial charge in [-0.3, -0.25) is 9.89 Å². The van der Waals surface area contributed by atoms with E-state index in [-0.39, 0.29) is 11.1 Å². The molecule has 2 heterocycles. The van der Waals surface area contributed by atoms with Crippen molar-refractivity contribution in [2.75, 3.05) is 5.32 Å². The summed E-state index contributed by atoms with van der Waals surface area (Å²) in [5, 5.41) is 10.8. The van der Waals surface area contributed by atoms with Crippen LogP contribution in [-0.2, 0) is 0 Å². The first kappa shape index (κ1) is 11.7. The second kappa shape index (κ2) is 4.70. The summed E-state index contributed by atoms with van der Waals surface area (Å²) in [6.45, 7) is 0. The molecule has 3 rings (SSSR count). The van der Waals surface area contributed by atoms with E-state index in [0.29, 0.717) is 11.3 Å². The molecular formula is C13H9ClN4O. The number of H-pyrrole nitrogens is 1. The third-order valence-corrected chi connectivity index (χ3v) is 2.92. The Hall–Kier alpha value is -2.40. The van der Waals surface area contributed by atoms with E-state index in [1.807, 2.05) is 12.1 Å². The Balaban J connectivity index is 1.93. The number of anilines is 1. The Morgan fingerprint density at radius 1 is 1.32 bits per heavy atom. The predicted molar refractivity (Wildman–Crippen MR) is 73.3 cm³/mol.